The first-order valence-electron chi connectivity index (χ1n) is 7.90. The number of amides is 1. The second-order valence-electron chi connectivity index (χ2n) is 5.40. The third kappa shape index (κ3) is 4.72. The molecule has 2 aromatic heterocycles. The maximum Gasteiger partial charge on any atom is 0.234 e. The molecule has 0 unspecified atom stereocenters. The molecule has 9 heteroatoms. The Labute approximate surface area is 164 Å². The maximum absolute atomic E-state index is 13.7. The summed E-state index contributed by atoms with van der Waals surface area (Å²) in [6, 6.07) is 7.63. The number of anilines is 1. The van der Waals surface area contributed by atoms with Crippen molar-refractivity contribution in [2.24, 2.45) is 0 Å². The van der Waals surface area contributed by atoms with E-state index < -0.39 is 5.82 Å². The fourth-order valence-electron chi connectivity index (χ4n) is 2.31. The normalized spacial score (nSPS) is 10.6. The molecule has 2 heterocycles. The van der Waals surface area contributed by atoms with Gasteiger partial charge in [0.2, 0.25) is 5.91 Å². The summed E-state index contributed by atoms with van der Waals surface area (Å²) in [5, 5.41) is 11.8. The molecule has 6 nitrogen and oxygen atoms in total. The minimum Gasteiger partial charge on any atom is -0.323 e. The molecule has 1 amide bonds. The van der Waals surface area contributed by atoms with E-state index in [4.69, 9.17) is 11.6 Å². The summed E-state index contributed by atoms with van der Waals surface area (Å²) in [5.74, 6) is -0.231. The zero-order valence-electron chi connectivity index (χ0n) is 14.1. The molecular formula is C18H15ClFN5OS. The Hall–Kier alpha value is -2.71. The van der Waals surface area contributed by atoms with E-state index in [0.29, 0.717) is 22.5 Å². The minimum absolute atomic E-state index is 0.0393. The molecule has 0 saturated carbocycles. The molecule has 3 aromatic rings. The Bertz CT molecular complexity index is 964. The molecule has 0 aliphatic heterocycles. The van der Waals surface area contributed by atoms with Gasteiger partial charge in [-0.3, -0.25) is 14.3 Å². The molecule has 138 valence electrons. The number of pyridine rings is 1. The van der Waals surface area contributed by atoms with Gasteiger partial charge in [0.25, 0.3) is 0 Å². The van der Waals surface area contributed by atoms with Crippen molar-refractivity contribution in [1.82, 2.24) is 19.7 Å². The van der Waals surface area contributed by atoms with Gasteiger partial charge in [-0.25, -0.2) is 4.39 Å². The van der Waals surface area contributed by atoms with Crippen molar-refractivity contribution >= 4 is 35.0 Å². The van der Waals surface area contributed by atoms with Crippen LogP contribution in [0.25, 0.3) is 11.4 Å². The van der Waals surface area contributed by atoms with Crippen molar-refractivity contribution in [3.8, 4) is 11.4 Å². The van der Waals surface area contributed by atoms with Crippen LogP contribution in [0.2, 0.25) is 5.02 Å². The van der Waals surface area contributed by atoms with Gasteiger partial charge in [-0.2, -0.15) is 0 Å². The number of benzene rings is 1. The second-order valence-corrected chi connectivity index (χ2v) is 6.78. The summed E-state index contributed by atoms with van der Waals surface area (Å²) in [7, 11) is 0. The van der Waals surface area contributed by atoms with E-state index in [1.54, 1.807) is 18.5 Å². The van der Waals surface area contributed by atoms with Crippen LogP contribution in [0.1, 0.15) is 0 Å². The van der Waals surface area contributed by atoms with Crippen molar-refractivity contribution in [2.45, 2.75) is 11.7 Å². The predicted molar refractivity (Wildman–Crippen MR) is 104 cm³/mol. The number of allylic oxidation sites excluding steroid dienone is 1. The predicted octanol–water partition coefficient (Wildman–Crippen LogP) is 4.05. The molecule has 27 heavy (non-hydrogen) atoms. The first-order chi connectivity index (χ1) is 13.1. The van der Waals surface area contributed by atoms with Gasteiger partial charge in [0.1, 0.15) is 5.82 Å². The smallest absolute Gasteiger partial charge is 0.234 e. The van der Waals surface area contributed by atoms with E-state index in [0.717, 1.165) is 5.56 Å². The third-order valence-corrected chi connectivity index (χ3v) is 4.70. The van der Waals surface area contributed by atoms with Crippen LogP contribution in [0.3, 0.4) is 0 Å². The Balaban J connectivity index is 1.72. The van der Waals surface area contributed by atoms with E-state index in [9.17, 15) is 9.18 Å². The number of halogens is 2. The molecule has 0 atom stereocenters. The molecule has 0 aliphatic rings. The number of hydrogen-bond acceptors (Lipinski definition) is 5. The average Bonchev–Trinajstić information content (AvgIpc) is 3.07. The van der Waals surface area contributed by atoms with Crippen molar-refractivity contribution in [3.05, 3.63) is 66.2 Å². The highest BCUT2D eigenvalue weighted by molar-refractivity contribution is 7.99. The Morgan fingerprint density at radius 3 is 2.81 bits per heavy atom. The lowest BCUT2D eigenvalue weighted by Gasteiger charge is -2.08. The van der Waals surface area contributed by atoms with E-state index in [2.05, 4.69) is 27.1 Å². The average molecular weight is 404 g/mol. The minimum atomic E-state index is -0.549. The zero-order chi connectivity index (χ0) is 19.2. The van der Waals surface area contributed by atoms with Gasteiger partial charge < -0.3 is 5.32 Å². The van der Waals surface area contributed by atoms with Crippen LogP contribution in [0, 0.1) is 5.82 Å². The Kier molecular flexibility index (Phi) is 6.20. The van der Waals surface area contributed by atoms with Crippen LogP contribution >= 0.6 is 23.4 Å². The van der Waals surface area contributed by atoms with E-state index in [1.807, 2.05) is 16.7 Å². The van der Waals surface area contributed by atoms with Gasteiger partial charge in [0, 0.05) is 29.5 Å². The van der Waals surface area contributed by atoms with Gasteiger partial charge in [-0.1, -0.05) is 29.4 Å². The number of hydrogen-bond donors (Lipinski definition) is 1. The molecule has 0 bridgehead atoms. The Morgan fingerprint density at radius 1 is 1.30 bits per heavy atom. The number of aromatic nitrogens is 4. The monoisotopic (exact) mass is 403 g/mol. The first kappa shape index (κ1) is 19.1. The summed E-state index contributed by atoms with van der Waals surface area (Å²) < 4.78 is 15.6. The SMILES string of the molecule is C=CCn1c(SCC(=O)Nc2cc(Cl)ccc2F)nnc1-c1ccncc1. The lowest BCUT2D eigenvalue weighted by atomic mass is 10.2. The summed E-state index contributed by atoms with van der Waals surface area (Å²) in [5.41, 5.74) is 0.898. The highest BCUT2D eigenvalue weighted by Crippen LogP contribution is 2.24. The lowest BCUT2D eigenvalue weighted by Crippen LogP contribution is -2.15. The van der Waals surface area contributed by atoms with Gasteiger partial charge in [-0.05, 0) is 30.3 Å². The number of rotatable bonds is 7. The molecule has 0 fully saturated rings. The van der Waals surface area contributed by atoms with Gasteiger partial charge in [0.15, 0.2) is 11.0 Å². The van der Waals surface area contributed by atoms with Crippen molar-refractivity contribution in [1.29, 1.82) is 0 Å². The first-order valence-corrected chi connectivity index (χ1v) is 9.27. The van der Waals surface area contributed by atoms with Gasteiger partial charge in [0.05, 0.1) is 11.4 Å². The second kappa shape index (κ2) is 8.79. The molecule has 0 radical (unpaired) electrons. The fraction of sp³-hybridized carbons (Fsp3) is 0.111. The van der Waals surface area contributed by atoms with Crippen molar-refractivity contribution in [3.63, 3.8) is 0 Å². The van der Waals surface area contributed by atoms with Gasteiger partial charge in [-0.15, -0.1) is 16.8 Å². The molecular weight excluding hydrogens is 389 g/mol. The van der Waals surface area contributed by atoms with Crippen LogP contribution in [-0.2, 0) is 11.3 Å². The summed E-state index contributed by atoms with van der Waals surface area (Å²) in [6.45, 7) is 4.23. The molecule has 1 N–H and O–H groups in total. The third-order valence-electron chi connectivity index (χ3n) is 3.50. The standard InChI is InChI=1S/C18H15ClFN5OS/c1-2-9-25-17(12-5-7-21-8-6-12)23-24-18(25)27-11-16(26)22-15-10-13(19)3-4-14(15)20/h2-8,10H,1,9,11H2,(H,22,26). The zero-order valence-corrected chi connectivity index (χ0v) is 15.7. The molecule has 0 aliphatic carbocycles. The number of carbonyl (C=O) groups is 1. The molecule has 3 rings (SSSR count). The number of nitrogens with one attached hydrogen (secondary N) is 1. The highest BCUT2D eigenvalue weighted by Gasteiger charge is 2.15. The summed E-state index contributed by atoms with van der Waals surface area (Å²) in [4.78, 5) is 16.2. The molecule has 0 spiro atoms. The molecule has 0 saturated heterocycles. The lowest BCUT2D eigenvalue weighted by molar-refractivity contribution is -0.113. The Morgan fingerprint density at radius 2 is 2.07 bits per heavy atom. The van der Waals surface area contributed by atoms with Crippen LogP contribution in [0.4, 0.5) is 10.1 Å². The van der Waals surface area contributed by atoms with Crippen molar-refractivity contribution < 1.29 is 9.18 Å². The highest BCUT2D eigenvalue weighted by atomic mass is 35.5. The topological polar surface area (TPSA) is 72.7 Å². The molecule has 1 aromatic carbocycles. The number of carbonyl (C=O) groups excluding carboxylic acids is 1. The summed E-state index contributed by atoms with van der Waals surface area (Å²) in [6.07, 6.45) is 5.06. The van der Waals surface area contributed by atoms with Gasteiger partial charge >= 0.3 is 0 Å². The van der Waals surface area contributed by atoms with Crippen LogP contribution in [-0.4, -0.2) is 31.4 Å². The van der Waals surface area contributed by atoms with Crippen LogP contribution in [0.15, 0.2) is 60.5 Å². The largest absolute Gasteiger partial charge is 0.323 e. The van der Waals surface area contributed by atoms with Crippen molar-refractivity contribution in [2.75, 3.05) is 11.1 Å². The van der Waals surface area contributed by atoms with E-state index in [-0.39, 0.29) is 17.3 Å². The number of thioether (sulfide) groups is 1. The maximum atomic E-state index is 13.7. The number of nitrogens with zero attached hydrogens (tertiary/aromatic N) is 4. The van der Waals surface area contributed by atoms with E-state index in [1.165, 1.54) is 30.0 Å². The van der Waals surface area contributed by atoms with E-state index >= 15 is 0 Å². The van der Waals surface area contributed by atoms with Crippen LogP contribution in [0.5, 0.6) is 0 Å². The fourth-order valence-corrected chi connectivity index (χ4v) is 3.23. The van der Waals surface area contributed by atoms with Crippen LogP contribution < -0.4 is 5.32 Å². The summed E-state index contributed by atoms with van der Waals surface area (Å²) >= 11 is 7.03. The quantitative estimate of drug-likeness (QED) is 0.476.